The summed E-state index contributed by atoms with van der Waals surface area (Å²) in [4.78, 5) is 17.2. The van der Waals surface area contributed by atoms with Gasteiger partial charge in [-0.25, -0.2) is 0 Å². The van der Waals surface area contributed by atoms with E-state index in [0.29, 0.717) is 6.61 Å². The summed E-state index contributed by atoms with van der Waals surface area (Å²) in [6, 6.07) is 25.5. The van der Waals surface area contributed by atoms with Gasteiger partial charge < -0.3 is 27.9 Å². The SMILES string of the molecule is CCCCCCCCCCCCCCCCCCOP(O)O.CCCCCCCCCc1ccccc1OP(Oc1ccccc1CCCCCCCCC)Oc1ccccc1CCCCCCCCC. The van der Waals surface area contributed by atoms with Gasteiger partial charge in [-0.05, 0) is 79.8 Å². The summed E-state index contributed by atoms with van der Waals surface area (Å²) in [6.07, 6.45) is 51.9. The van der Waals surface area contributed by atoms with Crippen molar-refractivity contribution in [2.24, 2.45) is 0 Å². The minimum absolute atomic E-state index is 0.483. The fourth-order valence-electron chi connectivity index (χ4n) is 9.31. The van der Waals surface area contributed by atoms with Gasteiger partial charge in [0.2, 0.25) is 0 Å². The Bertz CT molecular complexity index is 1440. The summed E-state index contributed by atoms with van der Waals surface area (Å²) in [5, 5.41) is 0. The number of para-hydroxylation sites is 3. The van der Waals surface area contributed by atoms with Crippen LogP contribution in [0.15, 0.2) is 72.8 Å². The summed E-state index contributed by atoms with van der Waals surface area (Å²) in [7, 11) is -3.87. The summed E-state index contributed by atoms with van der Waals surface area (Å²) < 4.78 is 25.0. The molecule has 0 spiro atoms. The van der Waals surface area contributed by atoms with E-state index in [1.807, 2.05) is 0 Å². The molecule has 0 aliphatic carbocycles. The van der Waals surface area contributed by atoms with Crippen LogP contribution < -0.4 is 13.6 Å². The topological polar surface area (TPSA) is 77.4 Å². The van der Waals surface area contributed by atoms with E-state index in [0.717, 1.165) is 49.4 Å². The van der Waals surface area contributed by atoms with Crippen molar-refractivity contribution in [3.8, 4) is 17.2 Å². The van der Waals surface area contributed by atoms with E-state index >= 15 is 0 Å². The van der Waals surface area contributed by atoms with Crippen LogP contribution in [-0.2, 0) is 23.8 Å². The smallest absolute Gasteiger partial charge is 0.408 e. The molecule has 2 N–H and O–H groups in total. The second-order valence-electron chi connectivity index (χ2n) is 20.3. The van der Waals surface area contributed by atoms with E-state index in [1.165, 1.54) is 241 Å². The number of benzene rings is 3. The summed E-state index contributed by atoms with van der Waals surface area (Å²) in [6.45, 7) is 9.60. The van der Waals surface area contributed by atoms with E-state index in [1.54, 1.807) is 0 Å². The maximum atomic E-state index is 8.58. The Morgan fingerprint density at radius 1 is 0.296 bits per heavy atom. The lowest BCUT2D eigenvalue weighted by Gasteiger charge is -2.22. The van der Waals surface area contributed by atoms with Gasteiger partial charge in [-0.15, -0.1) is 0 Å². The second kappa shape index (κ2) is 48.7. The average Bonchev–Trinajstić information content (AvgIpc) is 3.38. The van der Waals surface area contributed by atoms with Crippen molar-refractivity contribution in [3.63, 3.8) is 0 Å². The van der Waals surface area contributed by atoms with Gasteiger partial charge in [0, 0.05) is 0 Å². The summed E-state index contributed by atoms with van der Waals surface area (Å²) in [5.41, 5.74) is 3.72. The Morgan fingerprint density at radius 2 is 0.521 bits per heavy atom. The fourth-order valence-corrected chi connectivity index (χ4v) is 10.7. The number of aryl methyl sites for hydroxylation is 3. The molecule has 3 aromatic rings. The first-order valence-corrected chi connectivity index (χ1v) is 32.2. The molecule has 0 aliphatic rings. The fraction of sp³-hybridized carbons (Fsp3) is 0.714. The quantitative estimate of drug-likeness (QED) is 0.0433. The monoisotopic (exact) mass is 1020 g/mol. The number of hydrogen-bond acceptors (Lipinski definition) is 6. The lowest BCUT2D eigenvalue weighted by molar-refractivity contribution is 0.248. The molecular weight excluding hydrogens is 915 g/mol. The maximum Gasteiger partial charge on any atom is 0.530 e. The highest BCUT2D eigenvalue weighted by atomic mass is 31.2. The molecular formula is C63H108O6P2. The molecule has 0 atom stereocenters. The van der Waals surface area contributed by atoms with Crippen LogP contribution in [0.5, 0.6) is 17.2 Å². The molecule has 3 aromatic carbocycles. The Labute approximate surface area is 441 Å². The Balaban J connectivity index is 0.000000659. The molecule has 0 unspecified atom stereocenters. The third kappa shape index (κ3) is 37.2. The van der Waals surface area contributed by atoms with Crippen LogP contribution in [0.3, 0.4) is 0 Å². The van der Waals surface area contributed by atoms with Gasteiger partial charge in [-0.3, -0.25) is 0 Å². The van der Waals surface area contributed by atoms with Gasteiger partial charge in [0.1, 0.15) is 17.2 Å². The first-order chi connectivity index (χ1) is 35.0. The van der Waals surface area contributed by atoms with Crippen LogP contribution in [-0.4, -0.2) is 16.4 Å². The highest BCUT2D eigenvalue weighted by Gasteiger charge is 2.24. The number of rotatable bonds is 48. The Morgan fingerprint density at radius 3 is 0.775 bits per heavy atom. The van der Waals surface area contributed by atoms with Crippen molar-refractivity contribution in [3.05, 3.63) is 89.5 Å². The molecule has 8 heteroatoms. The van der Waals surface area contributed by atoms with E-state index < -0.39 is 17.2 Å². The molecule has 71 heavy (non-hydrogen) atoms. The minimum Gasteiger partial charge on any atom is -0.408 e. The van der Waals surface area contributed by atoms with Crippen LogP contribution in [0.4, 0.5) is 0 Å². The molecule has 0 fully saturated rings. The van der Waals surface area contributed by atoms with E-state index in [4.69, 9.17) is 27.9 Å². The van der Waals surface area contributed by atoms with Crippen LogP contribution in [0.25, 0.3) is 0 Å². The zero-order chi connectivity index (χ0) is 50.9. The van der Waals surface area contributed by atoms with E-state index in [-0.39, 0.29) is 0 Å². The highest BCUT2D eigenvalue weighted by molar-refractivity contribution is 7.43. The minimum atomic E-state index is -2.14. The zero-order valence-corrected chi connectivity index (χ0v) is 48.1. The van der Waals surface area contributed by atoms with Crippen molar-refractivity contribution >= 4 is 17.2 Å². The predicted molar refractivity (Wildman–Crippen MR) is 310 cm³/mol. The van der Waals surface area contributed by atoms with Gasteiger partial charge in [0.25, 0.3) is 0 Å². The van der Waals surface area contributed by atoms with Crippen molar-refractivity contribution in [1.82, 2.24) is 0 Å². The Hall–Kier alpha value is -2.20. The predicted octanol–water partition coefficient (Wildman–Crippen LogP) is 21.8. The molecule has 0 radical (unpaired) electrons. The van der Waals surface area contributed by atoms with Gasteiger partial charge >= 0.3 is 17.2 Å². The lowest BCUT2D eigenvalue weighted by Crippen LogP contribution is -2.06. The van der Waals surface area contributed by atoms with Crippen molar-refractivity contribution < 1.29 is 27.9 Å². The van der Waals surface area contributed by atoms with Crippen molar-refractivity contribution in [2.45, 2.75) is 285 Å². The molecule has 3 rings (SSSR count). The van der Waals surface area contributed by atoms with Gasteiger partial charge in [-0.1, -0.05) is 294 Å². The maximum absolute atomic E-state index is 8.58. The molecule has 406 valence electrons. The first-order valence-electron chi connectivity index (χ1n) is 29.9. The molecule has 0 saturated carbocycles. The third-order valence-electron chi connectivity index (χ3n) is 13.8. The van der Waals surface area contributed by atoms with Gasteiger partial charge in [0.05, 0.1) is 6.61 Å². The Kier molecular flexibility index (Phi) is 44.5. The van der Waals surface area contributed by atoms with Gasteiger partial charge in [-0.2, -0.15) is 0 Å². The van der Waals surface area contributed by atoms with Crippen molar-refractivity contribution in [2.75, 3.05) is 6.61 Å². The first kappa shape index (κ1) is 64.9. The normalized spacial score (nSPS) is 11.3. The largest absolute Gasteiger partial charge is 0.530 e. The molecule has 0 aliphatic heterocycles. The lowest BCUT2D eigenvalue weighted by atomic mass is 10.0. The third-order valence-corrected chi connectivity index (χ3v) is 15.2. The highest BCUT2D eigenvalue weighted by Crippen LogP contribution is 2.45. The van der Waals surface area contributed by atoms with Crippen molar-refractivity contribution in [1.29, 1.82) is 0 Å². The molecule has 0 amide bonds. The van der Waals surface area contributed by atoms with Crippen LogP contribution in [0.1, 0.15) is 282 Å². The van der Waals surface area contributed by atoms with Crippen LogP contribution in [0, 0.1) is 0 Å². The average molecular weight is 1020 g/mol. The molecule has 0 saturated heterocycles. The van der Waals surface area contributed by atoms with Gasteiger partial charge in [0.15, 0.2) is 0 Å². The number of unbranched alkanes of at least 4 members (excludes halogenated alkanes) is 33. The summed E-state index contributed by atoms with van der Waals surface area (Å²) in [5.74, 6) is 2.65. The molecule has 0 aromatic heterocycles. The summed E-state index contributed by atoms with van der Waals surface area (Å²) >= 11 is 0. The van der Waals surface area contributed by atoms with E-state index in [9.17, 15) is 0 Å². The van der Waals surface area contributed by atoms with Crippen LogP contribution >= 0.6 is 17.2 Å². The molecule has 0 heterocycles. The zero-order valence-electron chi connectivity index (χ0n) is 46.3. The molecule has 0 bridgehead atoms. The molecule has 6 nitrogen and oxygen atoms in total. The standard InChI is InChI=1S/C45H69O3P.C18H39O3P/c1-4-7-10-13-16-19-22-31-40-34-25-28-37-43(40)46-49(47-44-38-29-26-35-41(44)32-23-20-17-14-11-8-5-2)48-45-39-30-27-36-42(45)33-24-21-18-15-12-9-6-3;1-2-3-4-5-6-7-8-9-10-11-12-13-14-15-16-17-18-21-22(19)20/h25-30,34-39H,4-24,31-33H2,1-3H3;19-20H,2-18H2,1H3. The number of hydrogen-bond donors (Lipinski definition) is 2. The van der Waals surface area contributed by atoms with E-state index in [2.05, 4.69) is 100 Å². The van der Waals surface area contributed by atoms with Crippen LogP contribution in [0.2, 0.25) is 0 Å². The second-order valence-corrected chi connectivity index (χ2v) is 22.1.